The first-order valence-corrected chi connectivity index (χ1v) is 12.5. The third kappa shape index (κ3) is 3.79. The summed E-state index contributed by atoms with van der Waals surface area (Å²) in [5.41, 5.74) is 3.15. The van der Waals surface area contributed by atoms with Crippen LogP contribution in [0.25, 0.3) is 0 Å². The van der Waals surface area contributed by atoms with Crippen LogP contribution in [-0.4, -0.2) is 59.1 Å². The minimum absolute atomic E-state index is 0.0318. The van der Waals surface area contributed by atoms with Crippen molar-refractivity contribution in [2.24, 2.45) is 0 Å². The lowest BCUT2D eigenvalue weighted by Gasteiger charge is -2.72. The molecule has 2 bridgehead atoms. The molecule has 0 aromatic heterocycles. The number of Topliss-reactive ketones (excluding diaryl/α,β-unsaturated/α-hetero) is 1. The summed E-state index contributed by atoms with van der Waals surface area (Å²) in [7, 11) is 0. The monoisotopic (exact) mass is 490 g/mol. The van der Waals surface area contributed by atoms with E-state index in [0.717, 1.165) is 22.4 Å². The summed E-state index contributed by atoms with van der Waals surface area (Å²) in [6.45, 7) is 6.74. The third-order valence-corrected chi connectivity index (χ3v) is 7.84. The molecule has 188 valence electrons. The molecule has 1 saturated heterocycles. The molecule has 1 unspecified atom stereocenters. The molecule has 0 radical (unpaired) electrons. The van der Waals surface area contributed by atoms with Gasteiger partial charge in [-0.15, -0.1) is 0 Å². The van der Waals surface area contributed by atoms with Gasteiger partial charge in [0.2, 0.25) is 0 Å². The molecule has 5 aliphatic rings. The summed E-state index contributed by atoms with van der Waals surface area (Å²) in [6, 6.07) is 11.4. The van der Waals surface area contributed by atoms with Crippen molar-refractivity contribution in [1.29, 1.82) is 0 Å². The predicted octanol–water partition coefficient (Wildman–Crippen LogP) is 3.64. The summed E-state index contributed by atoms with van der Waals surface area (Å²) in [5, 5.41) is 3.10. The van der Waals surface area contributed by atoms with E-state index in [1.165, 1.54) is 0 Å². The molecule has 2 aliphatic heterocycles. The highest BCUT2D eigenvalue weighted by Crippen LogP contribution is 2.64. The van der Waals surface area contributed by atoms with Crippen molar-refractivity contribution >= 4 is 17.8 Å². The Labute approximate surface area is 209 Å². The second-order valence-corrected chi connectivity index (χ2v) is 11.0. The molecule has 2 heterocycles. The number of rotatable bonds is 6. The van der Waals surface area contributed by atoms with Crippen molar-refractivity contribution in [3.05, 3.63) is 58.7 Å². The number of aryl methyl sites for hydroxylation is 3. The molecule has 4 fully saturated rings. The van der Waals surface area contributed by atoms with E-state index >= 15 is 0 Å². The molecule has 8 nitrogen and oxygen atoms in total. The van der Waals surface area contributed by atoms with Crippen molar-refractivity contribution in [2.75, 3.05) is 13.2 Å². The van der Waals surface area contributed by atoms with Crippen LogP contribution in [0.15, 0.2) is 36.4 Å². The van der Waals surface area contributed by atoms with Crippen LogP contribution in [0, 0.1) is 20.8 Å². The van der Waals surface area contributed by atoms with Crippen LogP contribution in [0.2, 0.25) is 0 Å². The van der Waals surface area contributed by atoms with E-state index in [0.29, 0.717) is 43.7 Å². The van der Waals surface area contributed by atoms with E-state index in [-0.39, 0.29) is 41.4 Å². The standard InChI is InChI=1S/C28H30N2O6/c1-16-4-5-23-21(9-16)22(31)10-24(36-23)25(32)29-27-13-28(14-27,15-27)30-11-20(35-26(30)33)12-34-19-7-17(2)6-18(3)8-19/h4-9,20,24H,10-15H2,1-3H3,(H,29,32)/t20?,24-,27?,28?/m1/s1. The Morgan fingerprint density at radius 2 is 1.75 bits per heavy atom. The highest BCUT2D eigenvalue weighted by molar-refractivity contribution is 6.03. The smallest absolute Gasteiger partial charge is 0.410 e. The Hall–Kier alpha value is -3.55. The molecule has 36 heavy (non-hydrogen) atoms. The summed E-state index contributed by atoms with van der Waals surface area (Å²) in [6.07, 6.45) is 0.594. The van der Waals surface area contributed by atoms with Gasteiger partial charge in [0.05, 0.1) is 24.1 Å². The third-order valence-electron chi connectivity index (χ3n) is 7.84. The largest absolute Gasteiger partial charge is 0.490 e. The minimum atomic E-state index is -0.832. The van der Waals surface area contributed by atoms with Gasteiger partial charge in [0.25, 0.3) is 5.91 Å². The van der Waals surface area contributed by atoms with E-state index in [2.05, 4.69) is 11.4 Å². The Kier molecular flexibility index (Phi) is 5.07. The van der Waals surface area contributed by atoms with Crippen LogP contribution in [0.3, 0.4) is 0 Å². The average Bonchev–Trinajstić information content (AvgIpc) is 3.13. The second-order valence-electron chi connectivity index (χ2n) is 11.0. The summed E-state index contributed by atoms with van der Waals surface area (Å²) in [5.74, 6) is 0.880. The van der Waals surface area contributed by atoms with Gasteiger partial charge in [0.1, 0.15) is 18.1 Å². The van der Waals surface area contributed by atoms with Crippen LogP contribution in [0.5, 0.6) is 11.5 Å². The van der Waals surface area contributed by atoms with E-state index in [1.54, 1.807) is 17.0 Å². The fourth-order valence-corrected chi connectivity index (χ4v) is 6.28. The van der Waals surface area contributed by atoms with Crippen molar-refractivity contribution < 1.29 is 28.6 Å². The lowest BCUT2D eigenvalue weighted by molar-refractivity contribution is -0.169. The van der Waals surface area contributed by atoms with E-state index in [1.807, 2.05) is 39.0 Å². The molecule has 2 atom stereocenters. The van der Waals surface area contributed by atoms with Crippen molar-refractivity contribution in [3.63, 3.8) is 0 Å². The molecule has 2 aromatic rings. The van der Waals surface area contributed by atoms with Gasteiger partial charge in [-0.25, -0.2) is 4.79 Å². The summed E-state index contributed by atoms with van der Waals surface area (Å²) < 4.78 is 17.3. The zero-order valence-corrected chi connectivity index (χ0v) is 20.8. The Morgan fingerprint density at radius 1 is 1.03 bits per heavy atom. The van der Waals surface area contributed by atoms with Gasteiger partial charge in [0.15, 0.2) is 18.0 Å². The van der Waals surface area contributed by atoms with Gasteiger partial charge >= 0.3 is 6.09 Å². The maximum atomic E-state index is 13.0. The van der Waals surface area contributed by atoms with Gasteiger partial charge in [0, 0.05) is 5.54 Å². The fraction of sp³-hybridized carbons (Fsp3) is 0.464. The quantitative estimate of drug-likeness (QED) is 0.665. The van der Waals surface area contributed by atoms with Crippen molar-refractivity contribution in [3.8, 4) is 11.5 Å². The van der Waals surface area contributed by atoms with E-state index < -0.39 is 6.10 Å². The zero-order valence-electron chi connectivity index (χ0n) is 20.8. The first-order valence-electron chi connectivity index (χ1n) is 12.5. The summed E-state index contributed by atoms with van der Waals surface area (Å²) in [4.78, 5) is 39.9. The molecular formula is C28H30N2O6. The molecule has 3 saturated carbocycles. The number of cyclic esters (lactones) is 1. The molecule has 0 spiro atoms. The van der Waals surface area contributed by atoms with Crippen LogP contribution in [0.1, 0.15) is 52.7 Å². The number of hydrogen-bond donors (Lipinski definition) is 1. The van der Waals surface area contributed by atoms with Crippen molar-refractivity contribution in [2.45, 2.75) is 69.7 Å². The average molecular weight is 491 g/mol. The van der Waals surface area contributed by atoms with Gasteiger partial charge in [-0.2, -0.15) is 0 Å². The number of ether oxygens (including phenoxy) is 3. The molecule has 7 rings (SSSR count). The van der Waals surface area contributed by atoms with Crippen LogP contribution >= 0.6 is 0 Å². The zero-order chi connectivity index (χ0) is 25.2. The Balaban J connectivity index is 1.02. The summed E-state index contributed by atoms with van der Waals surface area (Å²) >= 11 is 0. The number of nitrogens with one attached hydrogen (secondary N) is 1. The second kappa shape index (κ2) is 7.98. The number of fused-ring (bicyclic) bond motifs is 1. The number of hydrogen-bond acceptors (Lipinski definition) is 6. The Bertz CT molecular complexity index is 1250. The van der Waals surface area contributed by atoms with Gasteiger partial charge < -0.3 is 19.5 Å². The fourth-order valence-electron chi connectivity index (χ4n) is 6.28. The van der Waals surface area contributed by atoms with Gasteiger partial charge in [-0.1, -0.05) is 17.7 Å². The van der Waals surface area contributed by atoms with E-state index in [4.69, 9.17) is 14.2 Å². The van der Waals surface area contributed by atoms with Gasteiger partial charge in [-0.3, -0.25) is 14.5 Å². The number of amides is 2. The normalized spacial score (nSPS) is 29.9. The molecule has 1 N–H and O–H groups in total. The highest BCUT2D eigenvalue weighted by Gasteiger charge is 2.73. The van der Waals surface area contributed by atoms with Crippen LogP contribution < -0.4 is 14.8 Å². The lowest BCUT2D eigenvalue weighted by atomic mass is 9.43. The number of nitrogens with zero attached hydrogens (tertiary/aromatic N) is 1. The maximum Gasteiger partial charge on any atom is 0.410 e. The molecule has 8 heteroatoms. The van der Waals surface area contributed by atoms with Crippen molar-refractivity contribution in [1.82, 2.24) is 10.2 Å². The number of benzene rings is 2. The number of ketones is 1. The van der Waals surface area contributed by atoms with E-state index in [9.17, 15) is 14.4 Å². The maximum absolute atomic E-state index is 13.0. The first-order chi connectivity index (χ1) is 17.1. The molecule has 2 amide bonds. The molecule has 2 aromatic carbocycles. The number of carbonyl (C=O) groups is 3. The van der Waals surface area contributed by atoms with Gasteiger partial charge in [-0.05, 0) is 75.4 Å². The lowest BCUT2D eigenvalue weighted by Crippen LogP contribution is -2.84. The predicted molar refractivity (Wildman–Crippen MR) is 130 cm³/mol. The first kappa shape index (κ1) is 22.9. The topological polar surface area (TPSA) is 94.2 Å². The minimum Gasteiger partial charge on any atom is -0.490 e. The number of carbonyl (C=O) groups excluding carboxylic acids is 3. The van der Waals surface area contributed by atoms with Crippen LogP contribution in [0.4, 0.5) is 4.79 Å². The van der Waals surface area contributed by atoms with Crippen LogP contribution in [-0.2, 0) is 9.53 Å². The highest BCUT2D eigenvalue weighted by atomic mass is 16.6. The molecule has 3 aliphatic carbocycles. The molecular weight excluding hydrogens is 460 g/mol. The Morgan fingerprint density at radius 3 is 2.47 bits per heavy atom. The SMILES string of the molecule is Cc1cc(C)cc(OCC2CN(C34CC(NC(=O)[C@H]5CC(=O)c6cc(C)ccc6O5)(C3)C4)C(=O)O2)c1.